The zero-order valence-corrected chi connectivity index (χ0v) is 16.8. The van der Waals surface area contributed by atoms with E-state index in [1.54, 1.807) is 19.2 Å². The van der Waals surface area contributed by atoms with Crippen LogP contribution in [0.4, 0.5) is 5.69 Å². The second kappa shape index (κ2) is 8.68. The molecular weight excluding hydrogens is 370 g/mol. The molecule has 1 atom stereocenters. The molecule has 0 aromatic heterocycles. The van der Waals surface area contributed by atoms with E-state index in [0.717, 1.165) is 16.3 Å². The number of dihydropyridines is 1. The van der Waals surface area contributed by atoms with Gasteiger partial charge in [0.2, 0.25) is 0 Å². The fourth-order valence-electron chi connectivity index (χ4n) is 3.29. The number of nitrogens with one attached hydrogen (secondary N) is 2. The molecule has 0 spiro atoms. The molecule has 2 aromatic rings. The number of benzene rings is 2. The minimum atomic E-state index is -0.440. The molecule has 1 aliphatic rings. The lowest BCUT2D eigenvalue weighted by Gasteiger charge is -2.29. The van der Waals surface area contributed by atoms with Crippen molar-refractivity contribution in [3.8, 4) is 11.8 Å². The van der Waals surface area contributed by atoms with Crippen LogP contribution in [0.5, 0.6) is 5.75 Å². The van der Waals surface area contributed by atoms with Gasteiger partial charge in [0.25, 0.3) is 5.91 Å². The van der Waals surface area contributed by atoms with Crippen LogP contribution in [0.2, 0.25) is 0 Å². The van der Waals surface area contributed by atoms with E-state index in [4.69, 9.17) is 4.74 Å². The molecule has 0 fully saturated rings. The number of amides is 1. The van der Waals surface area contributed by atoms with Gasteiger partial charge in [-0.2, -0.15) is 5.26 Å². The Labute approximate surface area is 169 Å². The van der Waals surface area contributed by atoms with E-state index in [0.29, 0.717) is 22.6 Å². The molecule has 1 aliphatic heterocycles. The van der Waals surface area contributed by atoms with Crippen molar-refractivity contribution in [3.05, 3.63) is 82.0 Å². The van der Waals surface area contributed by atoms with Gasteiger partial charge >= 0.3 is 0 Å². The summed E-state index contributed by atoms with van der Waals surface area (Å²) < 4.78 is 5.34. The van der Waals surface area contributed by atoms with Crippen molar-refractivity contribution < 1.29 is 9.53 Å². The lowest BCUT2D eigenvalue weighted by molar-refractivity contribution is -0.113. The summed E-state index contributed by atoms with van der Waals surface area (Å²) in [7, 11) is 1.56. The molecular formula is C22H21N3O2S. The van der Waals surface area contributed by atoms with Gasteiger partial charge in [0.1, 0.15) is 5.75 Å². The maximum Gasteiger partial charge on any atom is 0.254 e. The summed E-state index contributed by atoms with van der Waals surface area (Å²) in [4.78, 5) is 13.3. The Kier molecular flexibility index (Phi) is 6.07. The molecule has 0 aliphatic carbocycles. The molecule has 0 saturated carbocycles. The number of allylic oxidation sites excluding steroid dienone is 2. The average Bonchev–Trinajstić information content (AvgIpc) is 2.73. The third kappa shape index (κ3) is 3.75. The van der Waals surface area contributed by atoms with Crippen molar-refractivity contribution in [3.63, 3.8) is 0 Å². The predicted molar refractivity (Wildman–Crippen MR) is 113 cm³/mol. The number of thioether (sulfide) groups is 1. The van der Waals surface area contributed by atoms with Gasteiger partial charge < -0.3 is 15.4 Å². The molecule has 1 unspecified atom stereocenters. The average molecular weight is 391 g/mol. The number of anilines is 1. The molecule has 1 amide bonds. The minimum absolute atomic E-state index is 0.267. The first kappa shape index (κ1) is 19.6. The molecule has 0 bridgehead atoms. The molecule has 3 rings (SSSR count). The summed E-state index contributed by atoms with van der Waals surface area (Å²) >= 11 is 1.46. The number of methoxy groups -OCH3 is 1. The number of carbonyl (C=O) groups is 1. The number of hydrogen-bond acceptors (Lipinski definition) is 5. The summed E-state index contributed by atoms with van der Waals surface area (Å²) in [5, 5.41) is 16.8. The van der Waals surface area contributed by atoms with Gasteiger partial charge in [-0.05, 0) is 30.9 Å². The van der Waals surface area contributed by atoms with Crippen molar-refractivity contribution in [1.82, 2.24) is 5.32 Å². The smallest absolute Gasteiger partial charge is 0.254 e. The van der Waals surface area contributed by atoms with Gasteiger partial charge in [-0.15, -0.1) is 11.8 Å². The Morgan fingerprint density at radius 3 is 2.50 bits per heavy atom. The molecule has 28 heavy (non-hydrogen) atoms. The van der Waals surface area contributed by atoms with Crippen molar-refractivity contribution in [2.24, 2.45) is 0 Å². The van der Waals surface area contributed by atoms with E-state index in [1.807, 2.05) is 55.6 Å². The molecule has 0 radical (unpaired) electrons. The van der Waals surface area contributed by atoms with E-state index in [2.05, 4.69) is 16.7 Å². The highest BCUT2D eigenvalue weighted by atomic mass is 32.2. The summed E-state index contributed by atoms with van der Waals surface area (Å²) in [5.74, 6) is -0.129. The Morgan fingerprint density at radius 2 is 1.86 bits per heavy atom. The van der Waals surface area contributed by atoms with Gasteiger partial charge in [-0.3, -0.25) is 4.79 Å². The number of para-hydroxylation sites is 2. The van der Waals surface area contributed by atoms with Crippen molar-refractivity contribution in [2.75, 3.05) is 18.7 Å². The molecule has 1 heterocycles. The first-order chi connectivity index (χ1) is 13.6. The first-order valence-corrected chi connectivity index (χ1v) is 9.98. The lowest BCUT2D eigenvalue weighted by Crippen LogP contribution is -2.30. The zero-order chi connectivity index (χ0) is 20.1. The van der Waals surface area contributed by atoms with Crippen LogP contribution in [0.1, 0.15) is 18.4 Å². The Balaban J connectivity index is 2.06. The fourth-order valence-corrected chi connectivity index (χ4v) is 3.93. The van der Waals surface area contributed by atoms with Crippen LogP contribution in [-0.2, 0) is 4.79 Å². The molecule has 142 valence electrons. The van der Waals surface area contributed by atoms with Crippen molar-refractivity contribution in [1.29, 1.82) is 5.26 Å². The van der Waals surface area contributed by atoms with E-state index in [9.17, 15) is 10.1 Å². The van der Waals surface area contributed by atoms with Gasteiger partial charge in [-0.1, -0.05) is 42.5 Å². The van der Waals surface area contributed by atoms with E-state index in [1.165, 1.54) is 11.8 Å². The van der Waals surface area contributed by atoms with Gasteiger partial charge in [0.05, 0.1) is 35.4 Å². The molecule has 2 N–H and O–H groups in total. The summed E-state index contributed by atoms with van der Waals surface area (Å²) in [6.45, 7) is 1.86. The van der Waals surface area contributed by atoms with Crippen LogP contribution in [0.25, 0.3) is 0 Å². The van der Waals surface area contributed by atoms with Crippen LogP contribution in [0.15, 0.2) is 76.5 Å². The molecule has 0 saturated heterocycles. The lowest BCUT2D eigenvalue weighted by atomic mass is 9.82. The van der Waals surface area contributed by atoms with Crippen LogP contribution in [0, 0.1) is 11.3 Å². The topological polar surface area (TPSA) is 74.2 Å². The zero-order valence-electron chi connectivity index (χ0n) is 15.9. The number of nitrogens with zero attached hydrogens (tertiary/aromatic N) is 1. The van der Waals surface area contributed by atoms with Crippen molar-refractivity contribution in [2.45, 2.75) is 12.8 Å². The number of ether oxygens (including phenoxy) is 1. The third-order valence-corrected chi connectivity index (χ3v) is 5.31. The van der Waals surface area contributed by atoms with Crippen LogP contribution in [-0.4, -0.2) is 19.3 Å². The third-order valence-electron chi connectivity index (χ3n) is 4.58. The van der Waals surface area contributed by atoms with Crippen LogP contribution >= 0.6 is 11.8 Å². The van der Waals surface area contributed by atoms with E-state index in [-0.39, 0.29) is 5.91 Å². The Morgan fingerprint density at radius 1 is 1.18 bits per heavy atom. The van der Waals surface area contributed by atoms with E-state index >= 15 is 0 Å². The maximum atomic E-state index is 13.3. The number of carbonyl (C=O) groups excluding carboxylic acids is 1. The van der Waals surface area contributed by atoms with E-state index < -0.39 is 5.92 Å². The monoisotopic (exact) mass is 391 g/mol. The second-order valence-corrected chi connectivity index (χ2v) is 7.04. The Hall–Kier alpha value is -3.17. The summed E-state index contributed by atoms with van der Waals surface area (Å²) in [6, 6.07) is 19.2. The number of nitriles is 1. The van der Waals surface area contributed by atoms with Crippen molar-refractivity contribution >= 4 is 23.4 Å². The normalized spacial score (nSPS) is 16.3. The Bertz CT molecular complexity index is 990. The number of hydrogen-bond donors (Lipinski definition) is 2. The first-order valence-electron chi connectivity index (χ1n) is 8.76. The highest BCUT2D eigenvalue weighted by Crippen LogP contribution is 2.40. The second-order valence-electron chi connectivity index (χ2n) is 6.22. The predicted octanol–water partition coefficient (Wildman–Crippen LogP) is 4.39. The molecule has 2 aromatic carbocycles. The standard InChI is InChI=1S/C22H21N3O2S/c1-14-19(21(26)25-17-11-7-8-12-18(17)27-2)20(15-9-5-4-6-10-15)16(13-23)22(24-14)28-3/h4-12,20,24H,1-3H3,(H,25,26). The summed E-state index contributed by atoms with van der Waals surface area (Å²) in [5.41, 5.74) is 3.27. The van der Waals surface area contributed by atoms with Crippen LogP contribution < -0.4 is 15.4 Å². The fraction of sp³-hybridized carbons (Fsp3) is 0.182. The largest absolute Gasteiger partial charge is 0.495 e. The highest BCUT2D eigenvalue weighted by molar-refractivity contribution is 8.02. The van der Waals surface area contributed by atoms with Gasteiger partial charge in [-0.25, -0.2) is 0 Å². The molecule has 5 nitrogen and oxygen atoms in total. The quantitative estimate of drug-likeness (QED) is 0.791. The minimum Gasteiger partial charge on any atom is -0.495 e. The van der Waals surface area contributed by atoms with Gasteiger partial charge in [0.15, 0.2) is 0 Å². The summed E-state index contributed by atoms with van der Waals surface area (Å²) in [6.07, 6.45) is 1.91. The van der Waals surface area contributed by atoms with Crippen LogP contribution in [0.3, 0.4) is 0 Å². The SMILES string of the molecule is COc1ccccc1NC(=O)C1=C(C)NC(SC)=C(C#N)C1c1ccccc1. The molecule has 6 heteroatoms. The number of rotatable bonds is 5. The maximum absolute atomic E-state index is 13.3. The highest BCUT2D eigenvalue weighted by Gasteiger charge is 2.34. The van der Waals surface area contributed by atoms with Gasteiger partial charge in [0, 0.05) is 11.3 Å².